The van der Waals surface area contributed by atoms with E-state index in [1.165, 1.54) is 6.20 Å². The van der Waals surface area contributed by atoms with Crippen molar-refractivity contribution in [3.63, 3.8) is 0 Å². The van der Waals surface area contributed by atoms with Crippen molar-refractivity contribution in [2.24, 2.45) is 0 Å². The minimum absolute atomic E-state index is 0.0463. The Morgan fingerprint density at radius 2 is 2.08 bits per heavy atom. The lowest BCUT2D eigenvalue weighted by atomic mass is 9.87. The van der Waals surface area contributed by atoms with Crippen molar-refractivity contribution >= 4 is 5.82 Å². The van der Waals surface area contributed by atoms with Gasteiger partial charge in [-0.25, -0.2) is 0 Å². The number of rotatable bonds is 1. The van der Waals surface area contributed by atoms with Crippen LogP contribution in [0.25, 0.3) is 0 Å². The van der Waals surface area contributed by atoms with Crippen LogP contribution in [0.2, 0.25) is 0 Å². The van der Waals surface area contributed by atoms with Gasteiger partial charge in [0.2, 0.25) is 0 Å². The summed E-state index contributed by atoms with van der Waals surface area (Å²) in [5.41, 5.74) is 0.427. The lowest BCUT2D eigenvalue weighted by Gasteiger charge is -2.17. The van der Waals surface area contributed by atoms with Gasteiger partial charge in [0.25, 0.3) is 0 Å². The molecule has 0 radical (unpaired) electrons. The molecular weight excluding hydrogens is 168 g/mol. The van der Waals surface area contributed by atoms with E-state index in [0.717, 1.165) is 0 Å². The highest BCUT2D eigenvalue weighted by Crippen LogP contribution is 2.28. The van der Waals surface area contributed by atoms with Crippen molar-refractivity contribution in [1.82, 2.24) is 4.98 Å². The summed E-state index contributed by atoms with van der Waals surface area (Å²) in [7, 11) is 0. The lowest BCUT2D eigenvalue weighted by molar-refractivity contribution is -0.390. The summed E-state index contributed by atoms with van der Waals surface area (Å²) in [6, 6.07) is 3.46. The quantitative estimate of drug-likeness (QED) is 0.492. The van der Waals surface area contributed by atoms with Crippen molar-refractivity contribution in [2.45, 2.75) is 26.2 Å². The molecule has 0 aromatic carbocycles. The SMILES string of the molecule is CC(C)(C)c1cccnc1[N+](=O)[O-]. The van der Waals surface area contributed by atoms with E-state index >= 15 is 0 Å². The molecule has 1 rings (SSSR count). The Bertz CT molecular complexity index is 329. The van der Waals surface area contributed by atoms with E-state index in [2.05, 4.69) is 4.98 Å². The van der Waals surface area contributed by atoms with Crippen LogP contribution in [0.15, 0.2) is 18.3 Å². The molecule has 70 valence electrons. The minimum atomic E-state index is -0.444. The summed E-state index contributed by atoms with van der Waals surface area (Å²) in [4.78, 5) is 13.9. The highest BCUT2D eigenvalue weighted by molar-refractivity contribution is 5.37. The molecule has 13 heavy (non-hydrogen) atoms. The summed E-state index contributed by atoms with van der Waals surface area (Å²) in [5.74, 6) is -0.0463. The van der Waals surface area contributed by atoms with Gasteiger partial charge in [0, 0.05) is 0 Å². The van der Waals surface area contributed by atoms with Gasteiger partial charge in [0.1, 0.15) is 6.20 Å². The molecular formula is C9H12N2O2. The summed E-state index contributed by atoms with van der Waals surface area (Å²) in [6.45, 7) is 5.78. The molecule has 4 nitrogen and oxygen atoms in total. The number of pyridine rings is 1. The smallest absolute Gasteiger partial charge is 0.358 e. The van der Waals surface area contributed by atoms with Crippen molar-refractivity contribution in [1.29, 1.82) is 0 Å². The summed E-state index contributed by atoms with van der Waals surface area (Å²) < 4.78 is 0. The Morgan fingerprint density at radius 1 is 1.46 bits per heavy atom. The van der Waals surface area contributed by atoms with Crippen LogP contribution >= 0.6 is 0 Å². The molecule has 4 heteroatoms. The third kappa shape index (κ3) is 2.02. The van der Waals surface area contributed by atoms with Gasteiger partial charge < -0.3 is 10.1 Å². The lowest BCUT2D eigenvalue weighted by Crippen LogP contribution is -2.14. The molecule has 0 aliphatic rings. The van der Waals surface area contributed by atoms with E-state index in [1.807, 2.05) is 20.8 Å². The molecule has 0 unspecified atom stereocenters. The topological polar surface area (TPSA) is 56.0 Å². The highest BCUT2D eigenvalue weighted by Gasteiger charge is 2.24. The average molecular weight is 180 g/mol. The van der Waals surface area contributed by atoms with E-state index in [0.29, 0.717) is 5.56 Å². The second-order valence-electron chi connectivity index (χ2n) is 3.88. The summed E-state index contributed by atoms with van der Waals surface area (Å²) >= 11 is 0. The van der Waals surface area contributed by atoms with Crippen LogP contribution in [0, 0.1) is 10.1 Å². The summed E-state index contributed by atoms with van der Waals surface area (Å²) in [6.07, 6.45) is 1.44. The fourth-order valence-corrected chi connectivity index (χ4v) is 1.13. The van der Waals surface area contributed by atoms with Crippen LogP contribution in [-0.2, 0) is 5.41 Å². The molecule has 0 saturated carbocycles. The van der Waals surface area contributed by atoms with E-state index in [4.69, 9.17) is 0 Å². The largest absolute Gasteiger partial charge is 0.367 e. The van der Waals surface area contributed by atoms with E-state index in [9.17, 15) is 10.1 Å². The third-order valence-corrected chi connectivity index (χ3v) is 1.77. The van der Waals surface area contributed by atoms with Gasteiger partial charge in [-0.05, 0) is 27.5 Å². The maximum absolute atomic E-state index is 10.6. The van der Waals surface area contributed by atoms with Crippen molar-refractivity contribution < 1.29 is 4.92 Å². The predicted octanol–water partition coefficient (Wildman–Crippen LogP) is 2.29. The van der Waals surface area contributed by atoms with E-state index in [1.54, 1.807) is 12.1 Å². The van der Waals surface area contributed by atoms with E-state index in [-0.39, 0.29) is 11.2 Å². The Labute approximate surface area is 76.8 Å². The average Bonchev–Trinajstić information content (AvgIpc) is 2.03. The Hall–Kier alpha value is -1.45. The van der Waals surface area contributed by atoms with Crippen LogP contribution in [0.1, 0.15) is 26.3 Å². The van der Waals surface area contributed by atoms with Crippen molar-refractivity contribution in [3.05, 3.63) is 34.0 Å². The van der Waals surface area contributed by atoms with Crippen LogP contribution < -0.4 is 0 Å². The third-order valence-electron chi connectivity index (χ3n) is 1.77. The van der Waals surface area contributed by atoms with Crippen LogP contribution in [0.5, 0.6) is 0 Å². The Morgan fingerprint density at radius 3 is 2.46 bits per heavy atom. The van der Waals surface area contributed by atoms with Gasteiger partial charge in [-0.2, -0.15) is 0 Å². The normalized spacial score (nSPS) is 11.3. The first-order chi connectivity index (χ1) is 5.93. The van der Waals surface area contributed by atoms with Crippen molar-refractivity contribution in [2.75, 3.05) is 0 Å². The molecule has 0 fully saturated rings. The molecule has 0 aliphatic heterocycles. The summed E-state index contributed by atoms with van der Waals surface area (Å²) in [5, 5.41) is 10.6. The molecule has 0 bridgehead atoms. The van der Waals surface area contributed by atoms with Gasteiger partial charge >= 0.3 is 5.82 Å². The second-order valence-corrected chi connectivity index (χ2v) is 3.88. The van der Waals surface area contributed by atoms with Gasteiger partial charge in [-0.3, -0.25) is 0 Å². The molecule has 0 spiro atoms. The standard InChI is InChI=1S/C9H12N2O2/c1-9(2,3)7-5-4-6-10-8(7)11(12)13/h4-6H,1-3H3. The Balaban J connectivity index is 3.28. The molecule has 1 aromatic rings. The first kappa shape index (κ1) is 9.64. The maximum atomic E-state index is 10.6. The first-order valence-electron chi connectivity index (χ1n) is 4.03. The van der Waals surface area contributed by atoms with Gasteiger partial charge in [-0.15, -0.1) is 0 Å². The zero-order chi connectivity index (χ0) is 10.1. The second kappa shape index (κ2) is 3.12. The maximum Gasteiger partial charge on any atom is 0.367 e. The van der Waals surface area contributed by atoms with Crippen LogP contribution in [0.3, 0.4) is 0 Å². The van der Waals surface area contributed by atoms with Crippen LogP contribution in [-0.4, -0.2) is 9.91 Å². The van der Waals surface area contributed by atoms with E-state index < -0.39 is 4.92 Å². The molecule has 0 N–H and O–H groups in total. The zero-order valence-corrected chi connectivity index (χ0v) is 7.94. The number of nitrogens with zero attached hydrogens (tertiary/aromatic N) is 2. The molecule has 0 amide bonds. The van der Waals surface area contributed by atoms with Gasteiger partial charge in [0.05, 0.1) is 5.56 Å². The first-order valence-corrected chi connectivity index (χ1v) is 4.03. The number of hydrogen-bond acceptors (Lipinski definition) is 3. The highest BCUT2D eigenvalue weighted by atomic mass is 16.6. The fraction of sp³-hybridized carbons (Fsp3) is 0.444. The van der Waals surface area contributed by atoms with Crippen LogP contribution in [0.4, 0.5) is 5.82 Å². The molecule has 1 aromatic heterocycles. The minimum Gasteiger partial charge on any atom is -0.358 e. The number of aromatic nitrogens is 1. The number of hydrogen-bond donors (Lipinski definition) is 0. The fourth-order valence-electron chi connectivity index (χ4n) is 1.13. The monoisotopic (exact) mass is 180 g/mol. The Kier molecular flexibility index (Phi) is 2.32. The molecule has 0 atom stereocenters. The van der Waals surface area contributed by atoms with Gasteiger partial charge in [0.15, 0.2) is 0 Å². The molecule has 0 aliphatic carbocycles. The zero-order valence-electron chi connectivity index (χ0n) is 7.94. The predicted molar refractivity (Wildman–Crippen MR) is 49.6 cm³/mol. The van der Waals surface area contributed by atoms with Gasteiger partial charge in [-0.1, -0.05) is 20.8 Å². The van der Waals surface area contributed by atoms with Crippen molar-refractivity contribution in [3.8, 4) is 0 Å². The number of nitro groups is 1. The molecule has 1 heterocycles. The molecule has 0 saturated heterocycles.